The summed E-state index contributed by atoms with van der Waals surface area (Å²) in [6.45, 7) is 1.79. The Balaban J connectivity index is 1.62. The van der Waals surface area contributed by atoms with Crippen LogP contribution in [0.15, 0.2) is 72.8 Å². The maximum Gasteiger partial charge on any atom is 0.337 e. The number of carboxylic acids is 4. The molecule has 0 amide bonds. The van der Waals surface area contributed by atoms with Crippen molar-refractivity contribution in [2.45, 2.75) is 19.8 Å². The second-order valence-electron chi connectivity index (χ2n) is 9.74. The molecule has 0 aliphatic heterocycles. The van der Waals surface area contributed by atoms with Crippen molar-refractivity contribution in [3.8, 4) is 0 Å². The van der Waals surface area contributed by atoms with E-state index in [9.17, 15) is 39.6 Å². The van der Waals surface area contributed by atoms with Crippen LogP contribution in [0.25, 0.3) is 0 Å². The summed E-state index contributed by atoms with van der Waals surface area (Å²) in [5.41, 5.74) is 4.14. The molecule has 0 unspecified atom stereocenters. The number of aryl methyl sites for hydroxylation is 1. The van der Waals surface area contributed by atoms with E-state index in [0.29, 0.717) is 33.6 Å². The molecular weight excluding hydrogens is 540 g/mol. The fourth-order valence-electron chi connectivity index (χ4n) is 4.73. The number of benzene rings is 4. The fraction of sp³-hybridized carbons (Fsp3) is 0.125. The number of anilines is 3. The Kier molecular flexibility index (Phi) is 8.56. The maximum absolute atomic E-state index is 12.1. The lowest BCUT2D eigenvalue weighted by atomic mass is 9.93. The Morgan fingerprint density at radius 1 is 0.571 bits per heavy atom. The highest BCUT2D eigenvalue weighted by Gasteiger charge is 2.18. The van der Waals surface area contributed by atoms with Crippen molar-refractivity contribution < 1.29 is 39.6 Å². The van der Waals surface area contributed by atoms with Gasteiger partial charge in [-0.2, -0.15) is 0 Å². The highest BCUT2D eigenvalue weighted by atomic mass is 16.4. The van der Waals surface area contributed by atoms with Gasteiger partial charge in [-0.1, -0.05) is 35.9 Å². The number of nitrogens with one attached hydrogen (secondary N) is 2. The molecule has 0 saturated carbocycles. The topological polar surface area (TPSA) is 173 Å². The summed E-state index contributed by atoms with van der Waals surface area (Å²) >= 11 is 0. The zero-order valence-corrected chi connectivity index (χ0v) is 22.8. The SMILES string of the molecule is CNc1ccc(Nc2ccc(Cc3ccc(Cc4ccc(C)cc4C(=O)O)cc3C(=O)O)cc2C(=O)O)cc1C(=O)O. The van der Waals surface area contributed by atoms with Gasteiger partial charge in [0.2, 0.25) is 0 Å². The van der Waals surface area contributed by atoms with E-state index in [1.807, 2.05) is 0 Å². The second kappa shape index (κ2) is 12.3. The lowest BCUT2D eigenvalue weighted by Crippen LogP contribution is -2.08. The number of aromatic carboxylic acids is 4. The van der Waals surface area contributed by atoms with Gasteiger partial charge in [0.05, 0.1) is 27.9 Å². The molecule has 4 aromatic rings. The van der Waals surface area contributed by atoms with Gasteiger partial charge in [-0.05, 0) is 84.5 Å². The number of hydrogen-bond acceptors (Lipinski definition) is 6. The summed E-state index contributed by atoms with van der Waals surface area (Å²) in [4.78, 5) is 47.5. The van der Waals surface area contributed by atoms with E-state index in [0.717, 1.165) is 5.56 Å². The van der Waals surface area contributed by atoms with E-state index in [4.69, 9.17) is 0 Å². The van der Waals surface area contributed by atoms with Crippen molar-refractivity contribution in [1.29, 1.82) is 0 Å². The van der Waals surface area contributed by atoms with Crippen LogP contribution in [0.5, 0.6) is 0 Å². The molecular formula is C32H28N2O8. The van der Waals surface area contributed by atoms with Crippen molar-refractivity contribution in [1.82, 2.24) is 0 Å². The molecule has 0 bridgehead atoms. The van der Waals surface area contributed by atoms with Gasteiger partial charge in [0, 0.05) is 18.4 Å². The molecule has 42 heavy (non-hydrogen) atoms. The molecule has 0 aromatic heterocycles. The van der Waals surface area contributed by atoms with E-state index in [1.165, 1.54) is 18.2 Å². The average Bonchev–Trinajstić information content (AvgIpc) is 2.95. The van der Waals surface area contributed by atoms with Gasteiger partial charge in [-0.3, -0.25) is 0 Å². The monoisotopic (exact) mass is 568 g/mol. The quantitative estimate of drug-likeness (QED) is 0.131. The van der Waals surface area contributed by atoms with Gasteiger partial charge in [-0.15, -0.1) is 0 Å². The van der Waals surface area contributed by atoms with Crippen LogP contribution in [0.1, 0.15) is 69.2 Å². The summed E-state index contributed by atoms with van der Waals surface area (Å²) in [6.07, 6.45) is 0.359. The van der Waals surface area contributed by atoms with Crippen molar-refractivity contribution >= 4 is 40.9 Å². The molecule has 0 fully saturated rings. The number of carbonyl (C=O) groups is 4. The van der Waals surface area contributed by atoms with Gasteiger partial charge in [-0.25, -0.2) is 19.2 Å². The van der Waals surface area contributed by atoms with Gasteiger partial charge >= 0.3 is 23.9 Å². The van der Waals surface area contributed by atoms with Gasteiger partial charge in [0.1, 0.15) is 0 Å². The van der Waals surface area contributed by atoms with Crippen LogP contribution in [0.3, 0.4) is 0 Å². The number of carboxylic acid groups (broad SMARTS) is 4. The molecule has 0 spiro atoms. The molecule has 4 aromatic carbocycles. The molecule has 0 saturated heterocycles. The third-order valence-electron chi connectivity index (χ3n) is 6.80. The fourth-order valence-corrected chi connectivity index (χ4v) is 4.73. The minimum Gasteiger partial charge on any atom is -0.478 e. The van der Waals surface area contributed by atoms with Crippen LogP contribution >= 0.6 is 0 Å². The lowest BCUT2D eigenvalue weighted by Gasteiger charge is -2.14. The van der Waals surface area contributed by atoms with E-state index < -0.39 is 23.9 Å². The maximum atomic E-state index is 12.1. The Labute approximate surface area is 240 Å². The average molecular weight is 569 g/mol. The second-order valence-corrected chi connectivity index (χ2v) is 9.74. The largest absolute Gasteiger partial charge is 0.478 e. The van der Waals surface area contributed by atoms with Gasteiger partial charge < -0.3 is 31.1 Å². The highest BCUT2D eigenvalue weighted by molar-refractivity contribution is 5.98. The van der Waals surface area contributed by atoms with Crippen LogP contribution in [0.4, 0.5) is 17.1 Å². The minimum atomic E-state index is -1.22. The Bertz CT molecular complexity index is 1730. The van der Waals surface area contributed by atoms with Crippen molar-refractivity contribution in [3.05, 3.63) is 123 Å². The first kappa shape index (κ1) is 29.3. The number of rotatable bonds is 11. The molecule has 214 valence electrons. The van der Waals surface area contributed by atoms with Crippen molar-refractivity contribution in [2.24, 2.45) is 0 Å². The zero-order valence-electron chi connectivity index (χ0n) is 22.8. The molecule has 0 heterocycles. The smallest absolute Gasteiger partial charge is 0.337 e. The molecule has 0 radical (unpaired) electrons. The Morgan fingerprint density at radius 3 is 1.62 bits per heavy atom. The third kappa shape index (κ3) is 6.56. The van der Waals surface area contributed by atoms with Crippen LogP contribution in [0, 0.1) is 6.92 Å². The summed E-state index contributed by atoms with van der Waals surface area (Å²) in [5, 5.41) is 44.6. The lowest BCUT2D eigenvalue weighted by molar-refractivity contribution is 0.0684. The third-order valence-corrected chi connectivity index (χ3v) is 6.80. The molecule has 0 atom stereocenters. The predicted octanol–water partition coefficient (Wildman–Crippen LogP) is 5.75. The summed E-state index contributed by atoms with van der Waals surface area (Å²) in [5.74, 6) is -4.58. The van der Waals surface area contributed by atoms with Crippen LogP contribution < -0.4 is 10.6 Å². The van der Waals surface area contributed by atoms with Gasteiger partial charge in [0.15, 0.2) is 0 Å². The van der Waals surface area contributed by atoms with Gasteiger partial charge in [0.25, 0.3) is 0 Å². The van der Waals surface area contributed by atoms with Crippen LogP contribution in [-0.4, -0.2) is 51.4 Å². The minimum absolute atomic E-state index is 0.0159. The molecule has 6 N–H and O–H groups in total. The molecule has 10 nitrogen and oxygen atoms in total. The van der Waals surface area contributed by atoms with Crippen molar-refractivity contribution in [2.75, 3.05) is 17.7 Å². The van der Waals surface area contributed by atoms with E-state index in [1.54, 1.807) is 68.6 Å². The molecule has 10 heteroatoms. The highest BCUT2D eigenvalue weighted by Crippen LogP contribution is 2.28. The Morgan fingerprint density at radius 2 is 1.05 bits per heavy atom. The normalized spacial score (nSPS) is 10.6. The Hall–Kier alpha value is -5.64. The first-order valence-electron chi connectivity index (χ1n) is 12.8. The van der Waals surface area contributed by atoms with E-state index in [-0.39, 0.29) is 40.8 Å². The first-order chi connectivity index (χ1) is 20.0. The molecule has 4 rings (SSSR count). The number of hydrogen-bond donors (Lipinski definition) is 6. The van der Waals surface area contributed by atoms with E-state index >= 15 is 0 Å². The predicted molar refractivity (Wildman–Crippen MR) is 157 cm³/mol. The zero-order chi connectivity index (χ0) is 30.6. The first-order valence-corrected chi connectivity index (χ1v) is 12.8. The van der Waals surface area contributed by atoms with Crippen LogP contribution in [-0.2, 0) is 12.8 Å². The van der Waals surface area contributed by atoms with Crippen LogP contribution in [0.2, 0.25) is 0 Å². The van der Waals surface area contributed by atoms with Crippen molar-refractivity contribution in [3.63, 3.8) is 0 Å². The summed E-state index contributed by atoms with van der Waals surface area (Å²) in [6, 6.07) is 19.2. The standard InChI is InChI=1S/C32H28N2O8/c1-17-3-6-20(23(11-17)29(35)36)12-18-4-7-21(24(14-18)30(37)38)13-19-5-9-28(25(15-19)31(39)40)34-22-8-10-27(33-2)26(16-22)32(41)42/h3-11,14-16,33-34H,12-13H2,1-2H3,(H,35,36)(H,37,38)(H,39,40)(H,41,42). The van der Waals surface area contributed by atoms with E-state index in [2.05, 4.69) is 10.6 Å². The molecule has 0 aliphatic carbocycles. The molecule has 0 aliphatic rings. The summed E-state index contributed by atoms with van der Waals surface area (Å²) < 4.78 is 0. The summed E-state index contributed by atoms with van der Waals surface area (Å²) in [7, 11) is 1.60.